The van der Waals surface area contributed by atoms with Crippen molar-refractivity contribution >= 4 is 27.1 Å². The monoisotopic (exact) mass is 323 g/mol. The van der Waals surface area contributed by atoms with Gasteiger partial charge in [0, 0.05) is 12.8 Å². The lowest BCUT2D eigenvalue weighted by atomic mass is 10.1. The summed E-state index contributed by atoms with van der Waals surface area (Å²) in [5.74, 6) is 0. The van der Waals surface area contributed by atoms with E-state index in [1.165, 1.54) is 23.4 Å². The van der Waals surface area contributed by atoms with Crippen molar-refractivity contribution in [1.29, 1.82) is 0 Å². The molecule has 2 aromatic carbocycles. The zero-order valence-corrected chi connectivity index (χ0v) is 13.6. The number of aryl methyl sites for hydroxylation is 1. The van der Waals surface area contributed by atoms with E-state index in [2.05, 4.69) is 24.4 Å². The van der Waals surface area contributed by atoms with E-state index < -0.39 is 9.84 Å². The molecule has 0 aliphatic carbocycles. The number of nitrogens with one attached hydrogen (secondary N) is 1. The maximum Gasteiger partial charge on any atom is 0.175 e. The molecular formula is C16H18ClNO2S. The second-order valence-electron chi connectivity index (χ2n) is 4.89. The fourth-order valence-electron chi connectivity index (χ4n) is 2.14. The van der Waals surface area contributed by atoms with Gasteiger partial charge in [-0.25, -0.2) is 8.42 Å². The number of halogens is 1. The minimum atomic E-state index is -3.24. The molecule has 0 radical (unpaired) electrons. The van der Waals surface area contributed by atoms with Gasteiger partial charge in [0.25, 0.3) is 0 Å². The van der Waals surface area contributed by atoms with Crippen LogP contribution in [0.5, 0.6) is 0 Å². The van der Waals surface area contributed by atoms with Crippen LogP contribution in [0.25, 0.3) is 0 Å². The van der Waals surface area contributed by atoms with Crippen LogP contribution in [0.2, 0.25) is 5.02 Å². The number of benzene rings is 2. The molecule has 0 spiro atoms. The highest BCUT2D eigenvalue weighted by Crippen LogP contribution is 2.26. The van der Waals surface area contributed by atoms with Crippen LogP contribution in [0, 0.1) is 0 Å². The molecule has 2 rings (SSSR count). The third-order valence-corrected chi connectivity index (χ3v) is 4.77. The average molecular weight is 324 g/mol. The van der Waals surface area contributed by atoms with Crippen molar-refractivity contribution in [2.24, 2.45) is 0 Å². The Morgan fingerprint density at radius 3 is 2.38 bits per heavy atom. The van der Waals surface area contributed by atoms with Crippen LogP contribution in [0.15, 0.2) is 47.4 Å². The second-order valence-corrected chi connectivity index (χ2v) is 7.31. The van der Waals surface area contributed by atoms with Crippen molar-refractivity contribution in [3.8, 4) is 0 Å². The molecule has 0 saturated heterocycles. The van der Waals surface area contributed by atoms with E-state index in [9.17, 15) is 8.42 Å². The van der Waals surface area contributed by atoms with Gasteiger partial charge >= 0.3 is 0 Å². The van der Waals surface area contributed by atoms with Crippen LogP contribution in [0.1, 0.15) is 18.1 Å². The van der Waals surface area contributed by atoms with E-state index in [-0.39, 0.29) is 4.90 Å². The van der Waals surface area contributed by atoms with Crippen LogP contribution < -0.4 is 5.32 Å². The summed E-state index contributed by atoms with van der Waals surface area (Å²) in [6.07, 6.45) is 2.14. The van der Waals surface area contributed by atoms with Gasteiger partial charge in [0.2, 0.25) is 0 Å². The first-order valence-corrected chi connectivity index (χ1v) is 8.99. The number of rotatable bonds is 5. The molecule has 0 heterocycles. The zero-order valence-electron chi connectivity index (χ0n) is 12.1. The summed E-state index contributed by atoms with van der Waals surface area (Å²) in [7, 11) is -3.24. The van der Waals surface area contributed by atoms with Gasteiger partial charge in [-0.1, -0.05) is 42.8 Å². The van der Waals surface area contributed by atoms with Gasteiger partial charge in [0.05, 0.1) is 15.6 Å². The molecular weight excluding hydrogens is 306 g/mol. The van der Waals surface area contributed by atoms with Gasteiger partial charge in [-0.3, -0.25) is 0 Å². The molecule has 0 atom stereocenters. The topological polar surface area (TPSA) is 46.2 Å². The van der Waals surface area contributed by atoms with E-state index >= 15 is 0 Å². The Morgan fingerprint density at radius 1 is 1.10 bits per heavy atom. The SMILES string of the molecule is CCc1ccccc1CNc1cc(S(C)(=O)=O)ccc1Cl. The van der Waals surface area contributed by atoms with Crippen LogP contribution in [-0.2, 0) is 22.8 Å². The summed E-state index contributed by atoms with van der Waals surface area (Å²) in [6.45, 7) is 2.72. The molecule has 0 bridgehead atoms. The van der Waals surface area contributed by atoms with Crippen LogP contribution in [-0.4, -0.2) is 14.7 Å². The molecule has 0 aliphatic rings. The van der Waals surface area contributed by atoms with Crippen LogP contribution >= 0.6 is 11.6 Å². The van der Waals surface area contributed by atoms with Gasteiger partial charge in [-0.05, 0) is 35.7 Å². The van der Waals surface area contributed by atoms with Gasteiger partial charge in [0.15, 0.2) is 9.84 Å². The molecule has 0 unspecified atom stereocenters. The molecule has 0 aliphatic heterocycles. The molecule has 0 amide bonds. The molecule has 21 heavy (non-hydrogen) atoms. The minimum absolute atomic E-state index is 0.262. The summed E-state index contributed by atoms with van der Waals surface area (Å²) in [4.78, 5) is 0.262. The van der Waals surface area contributed by atoms with E-state index in [0.717, 1.165) is 6.42 Å². The molecule has 0 aromatic heterocycles. The molecule has 2 aromatic rings. The van der Waals surface area contributed by atoms with Gasteiger partial charge in [0.1, 0.15) is 0 Å². The summed E-state index contributed by atoms with van der Waals surface area (Å²) in [5, 5.41) is 3.73. The Balaban J connectivity index is 2.24. The minimum Gasteiger partial charge on any atom is -0.380 e. The number of hydrogen-bond acceptors (Lipinski definition) is 3. The first kappa shape index (κ1) is 15.9. The molecule has 1 N–H and O–H groups in total. The van der Waals surface area contributed by atoms with Crippen molar-refractivity contribution in [3.63, 3.8) is 0 Å². The van der Waals surface area contributed by atoms with Gasteiger partial charge in [-0.15, -0.1) is 0 Å². The predicted octanol–water partition coefficient (Wildman–Crippen LogP) is 3.92. The number of hydrogen-bond donors (Lipinski definition) is 1. The zero-order chi connectivity index (χ0) is 15.5. The fraction of sp³-hybridized carbons (Fsp3) is 0.250. The number of sulfone groups is 1. The maximum absolute atomic E-state index is 11.6. The Labute approximate surface area is 130 Å². The summed E-state index contributed by atoms with van der Waals surface area (Å²) in [6, 6.07) is 12.8. The maximum atomic E-state index is 11.6. The molecule has 5 heteroatoms. The van der Waals surface area contributed by atoms with Crippen molar-refractivity contribution < 1.29 is 8.42 Å². The first-order chi connectivity index (χ1) is 9.91. The Morgan fingerprint density at radius 2 is 1.76 bits per heavy atom. The quantitative estimate of drug-likeness (QED) is 0.907. The summed E-state index contributed by atoms with van der Waals surface area (Å²) < 4.78 is 23.2. The molecule has 3 nitrogen and oxygen atoms in total. The van der Waals surface area contributed by atoms with Crippen LogP contribution in [0.4, 0.5) is 5.69 Å². The Bertz CT molecular complexity index is 742. The lowest BCUT2D eigenvalue weighted by molar-refractivity contribution is 0.602. The van der Waals surface area contributed by atoms with E-state index in [1.54, 1.807) is 12.1 Å². The molecule has 0 fully saturated rings. The smallest absolute Gasteiger partial charge is 0.175 e. The molecule has 112 valence electrons. The fourth-order valence-corrected chi connectivity index (χ4v) is 2.97. The Kier molecular flexibility index (Phi) is 4.91. The first-order valence-electron chi connectivity index (χ1n) is 6.72. The third kappa shape index (κ3) is 3.99. The highest BCUT2D eigenvalue weighted by molar-refractivity contribution is 7.90. The summed E-state index contributed by atoms with van der Waals surface area (Å²) >= 11 is 6.13. The van der Waals surface area contributed by atoms with Crippen molar-refractivity contribution in [3.05, 3.63) is 58.6 Å². The highest BCUT2D eigenvalue weighted by Gasteiger charge is 2.10. The van der Waals surface area contributed by atoms with E-state index in [4.69, 9.17) is 11.6 Å². The molecule has 0 saturated carbocycles. The third-order valence-electron chi connectivity index (χ3n) is 3.33. The van der Waals surface area contributed by atoms with Crippen molar-refractivity contribution in [1.82, 2.24) is 0 Å². The lowest BCUT2D eigenvalue weighted by Gasteiger charge is -2.12. The lowest BCUT2D eigenvalue weighted by Crippen LogP contribution is -2.04. The highest BCUT2D eigenvalue weighted by atomic mass is 35.5. The predicted molar refractivity (Wildman–Crippen MR) is 87.7 cm³/mol. The second kappa shape index (κ2) is 6.50. The van der Waals surface area contributed by atoms with E-state index in [1.807, 2.05) is 12.1 Å². The van der Waals surface area contributed by atoms with Gasteiger partial charge in [-0.2, -0.15) is 0 Å². The Hall–Kier alpha value is -1.52. The summed E-state index contributed by atoms with van der Waals surface area (Å²) in [5.41, 5.74) is 3.08. The van der Waals surface area contributed by atoms with Crippen LogP contribution in [0.3, 0.4) is 0 Å². The van der Waals surface area contributed by atoms with E-state index in [0.29, 0.717) is 17.3 Å². The van der Waals surface area contributed by atoms with Gasteiger partial charge < -0.3 is 5.32 Å². The average Bonchev–Trinajstić information content (AvgIpc) is 2.45. The largest absolute Gasteiger partial charge is 0.380 e. The number of anilines is 1. The standard InChI is InChI=1S/C16H18ClNO2S/c1-3-12-6-4-5-7-13(12)11-18-16-10-14(21(2,19)20)8-9-15(16)17/h4-10,18H,3,11H2,1-2H3. The normalized spacial score (nSPS) is 11.4. The van der Waals surface area contributed by atoms with Crippen molar-refractivity contribution in [2.75, 3.05) is 11.6 Å². The van der Waals surface area contributed by atoms with Crippen molar-refractivity contribution in [2.45, 2.75) is 24.8 Å².